The molecule has 2 atom stereocenters. The van der Waals surface area contributed by atoms with E-state index in [-0.39, 0.29) is 52.1 Å². The zero-order valence-electron chi connectivity index (χ0n) is 8.17. The molecule has 0 saturated heterocycles. The van der Waals surface area contributed by atoms with E-state index in [1.165, 1.54) is 6.92 Å². The van der Waals surface area contributed by atoms with E-state index in [0.29, 0.717) is 0 Å². The van der Waals surface area contributed by atoms with Crippen molar-refractivity contribution in [2.24, 2.45) is 0 Å². The molecule has 0 aliphatic heterocycles. The van der Waals surface area contributed by atoms with E-state index in [0.717, 1.165) is 0 Å². The van der Waals surface area contributed by atoms with Gasteiger partial charge in [-0.3, -0.25) is 0 Å². The van der Waals surface area contributed by atoms with Crippen LogP contribution in [0.25, 0.3) is 0 Å². The summed E-state index contributed by atoms with van der Waals surface area (Å²) in [6.07, 6.45) is -3.57. The Morgan fingerprint density at radius 1 is 1.33 bits per heavy atom. The fraction of sp³-hybridized carbons (Fsp3) is 0.714. The van der Waals surface area contributed by atoms with Gasteiger partial charge in [0.1, 0.15) is 6.10 Å². The molecule has 15 heavy (non-hydrogen) atoms. The fourth-order valence-electron chi connectivity index (χ4n) is 0.637. The number of rotatable bonds is 7. The average Bonchev–Trinajstić information content (AvgIpc) is 2.11. The first-order valence-corrected chi connectivity index (χ1v) is 3.82. The summed E-state index contributed by atoms with van der Waals surface area (Å²) >= 11 is 0. The number of aliphatic carboxylic acids is 2. The molecule has 0 aromatic carbocycles. The van der Waals surface area contributed by atoms with Crippen molar-refractivity contribution in [2.45, 2.75) is 19.3 Å². The van der Waals surface area contributed by atoms with E-state index < -0.39 is 30.9 Å². The number of carbonyl (C=O) groups excluding carboxylic acids is 2. The van der Waals surface area contributed by atoms with Crippen molar-refractivity contribution < 1.29 is 34.4 Å². The normalized spacial score (nSPS) is 13.7. The smallest absolute Gasteiger partial charge is 0.547 e. The number of carbonyl (C=O) groups is 2. The van der Waals surface area contributed by atoms with Gasteiger partial charge in [-0.05, 0) is 6.92 Å². The van der Waals surface area contributed by atoms with E-state index in [9.17, 15) is 19.8 Å². The monoisotopic (exact) mass is 294 g/mol. The van der Waals surface area contributed by atoms with Crippen molar-refractivity contribution >= 4 is 57.4 Å². The molecule has 0 rings (SSSR count). The second-order valence-electron chi connectivity index (χ2n) is 2.23. The van der Waals surface area contributed by atoms with E-state index in [1.807, 2.05) is 0 Å². The molecule has 0 aromatic heterocycles. The maximum absolute atomic E-state index is 10.3. The third kappa shape index (κ3) is 7.23. The number of aliphatic hydroxyl groups is 1. The molecular formula is C7H10O7Sr. The Hall–Kier alpha value is 0.301. The van der Waals surface area contributed by atoms with Gasteiger partial charge in [-0.15, -0.1) is 0 Å². The van der Waals surface area contributed by atoms with Gasteiger partial charge in [0.05, 0.1) is 18.5 Å². The summed E-state index contributed by atoms with van der Waals surface area (Å²) in [4.78, 5) is 20.5. The Labute approximate surface area is 123 Å². The van der Waals surface area contributed by atoms with Gasteiger partial charge in [0.25, 0.3) is 0 Å². The Kier molecular flexibility index (Phi) is 11.2. The first kappa shape index (κ1) is 17.7. The van der Waals surface area contributed by atoms with Crippen LogP contribution < -0.4 is 10.2 Å². The molecule has 0 heterocycles. The summed E-state index contributed by atoms with van der Waals surface area (Å²) in [5, 5.41) is 29.0. The molecule has 8 heteroatoms. The predicted molar refractivity (Wildman–Crippen MR) is 43.1 cm³/mol. The van der Waals surface area contributed by atoms with Crippen molar-refractivity contribution in [2.75, 3.05) is 13.2 Å². The Morgan fingerprint density at radius 2 is 1.87 bits per heavy atom. The Balaban J connectivity index is 0. The molecule has 0 saturated carbocycles. The summed E-state index contributed by atoms with van der Waals surface area (Å²) in [7, 11) is 0. The van der Waals surface area contributed by atoms with Crippen molar-refractivity contribution in [1.29, 1.82) is 0 Å². The molecule has 0 amide bonds. The maximum atomic E-state index is 10.3. The zero-order chi connectivity index (χ0) is 11.1. The molecule has 0 aliphatic carbocycles. The third-order valence-corrected chi connectivity index (χ3v) is 1.23. The number of ether oxygens (including phenoxy) is 2. The van der Waals surface area contributed by atoms with E-state index in [4.69, 9.17) is 5.11 Å². The van der Waals surface area contributed by atoms with E-state index in [1.54, 1.807) is 0 Å². The molecular weight excluding hydrogens is 284 g/mol. The number of hydrogen-bond donors (Lipinski definition) is 1. The average molecular weight is 294 g/mol. The van der Waals surface area contributed by atoms with Crippen LogP contribution in [0.5, 0.6) is 0 Å². The van der Waals surface area contributed by atoms with Crippen LogP contribution in [0, 0.1) is 0 Å². The molecule has 0 radical (unpaired) electrons. The summed E-state index contributed by atoms with van der Waals surface area (Å²) in [6, 6.07) is 0. The Morgan fingerprint density at radius 3 is 2.13 bits per heavy atom. The van der Waals surface area contributed by atoms with Gasteiger partial charge in [-0.25, -0.2) is 0 Å². The SMILES string of the molecule is CCOC(OC(CO)C(=O)[O-])C(=O)[O-].[Sr+2]. The number of carboxylic acids is 2. The summed E-state index contributed by atoms with van der Waals surface area (Å²) in [5.74, 6) is -3.44. The van der Waals surface area contributed by atoms with Crippen molar-refractivity contribution in [3.63, 3.8) is 0 Å². The second-order valence-corrected chi connectivity index (χ2v) is 2.23. The first-order valence-electron chi connectivity index (χ1n) is 3.82. The topological polar surface area (TPSA) is 119 Å². The molecule has 0 aliphatic rings. The molecule has 7 nitrogen and oxygen atoms in total. The molecule has 1 N–H and O–H groups in total. The fourth-order valence-corrected chi connectivity index (χ4v) is 0.637. The van der Waals surface area contributed by atoms with Gasteiger partial charge in [-0.2, -0.15) is 0 Å². The van der Waals surface area contributed by atoms with Gasteiger partial charge in [-0.1, -0.05) is 0 Å². The van der Waals surface area contributed by atoms with Crippen LogP contribution in [0.2, 0.25) is 0 Å². The van der Waals surface area contributed by atoms with Crippen molar-refractivity contribution in [3.05, 3.63) is 0 Å². The van der Waals surface area contributed by atoms with Crippen LogP contribution in [0.15, 0.2) is 0 Å². The van der Waals surface area contributed by atoms with Crippen LogP contribution in [0.1, 0.15) is 6.92 Å². The van der Waals surface area contributed by atoms with Crippen LogP contribution >= 0.6 is 0 Å². The quantitative estimate of drug-likeness (QED) is 0.374. The maximum Gasteiger partial charge on any atom is 2.00 e. The number of aliphatic hydroxyl groups excluding tert-OH is 1. The minimum Gasteiger partial charge on any atom is -0.547 e. The van der Waals surface area contributed by atoms with Gasteiger partial charge in [0.2, 0.25) is 0 Å². The summed E-state index contributed by atoms with van der Waals surface area (Å²) in [5.41, 5.74) is 0. The molecule has 82 valence electrons. The van der Waals surface area contributed by atoms with Crippen LogP contribution in [0.4, 0.5) is 0 Å². The minimum atomic E-state index is -1.82. The molecule has 0 bridgehead atoms. The largest absolute Gasteiger partial charge is 2.00 e. The van der Waals surface area contributed by atoms with E-state index in [2.05, 4.69) is 9.47 Å². The van der Waals surface area contributed by atoms with Crippen LogP contribution in [0.3, 0.4) is 0 Å². The van der Waals surface area contributed by atoms with Gasteiger partial charge < -0.3 is 34.4 Å². The van der Waals surface area contributed by atoms with Crippen LogP contribution in [-0.2, 0) is 19.1 Å². The molecule has 0 aromatic rings. The first-order chi connectivity index (χ1) is 6.52. The van der Waals surface area contributed by atoms with Gasteiger partial charge in [0.15, 0.2) is 6.29 Å². The number of carboxylic acid groups (broad SMARTS) is 2. The van der Waals surface area contributed by atoms with Gasteiger partial charge in [0, 0.05) is 6.61 Å². The molecule has 2 unspecified atom stereocenters. The summed E-state index contributed by atoms with van der Waals surface area (Å²) in [6.45, 7) is 0.593. The molecule has 0 fully saturated rings. The van der Waals surface area contributed by atoms with Crippen molar-refractivity contribution in [1.82, 2.24) is 0 Å². The third-order valence-electron chi connectivity index (χ3n) is 1.23. The standard InChI is InChI=1S/C7H12O7.Sr/c1-2-13-7(6(11)12)14-4(3-8)5(9)10;/h4,7-8H,2-3H2,1H3,(H,9,10)(H,11,12);/q;+2/p-2. The Bertz CT molecular complexity index is 208. The van der Waals surface area contributed by atoms with Crippen molar-refractivity contribution in [3.8, 4) is 0 Å². The second kappa shape index (κ2) is 9.52. The van der Waals surface area contributed by atoms with E-state index >= 15 is 0 Å². The minimum absolute atomic E-state index is 0. The number of hydrogen-bond acceptors (Lipinski definition) is 7. The predicted octanol–water partition coefficient (Wildman–Crippen LogP) is -4.15. The summed E-state index contributed by atoms with van der Waals surface area (Å²) < 4.78 is 8.87. The van der Waals surface area contributed by atoms with Crippen LogP contribution in [-0.4, -0.2) is 88.1 Å². The zero-order valence-corrected chi connectivity index (χ0v) is 11.6. The molecule has 0 spiro atoms. The van der Waals surface area contributed by atoms with Gasteiger partial charge >= 0.3 is 45.5 Å².